The zero-order valence-electron chi connectivity index (χ0n) is 8.43. The first kappa shape index (κ1) is 9.85. The van der Waals surface area contributed by atoms with Gasteiger partial charge in [-0.1, -0.05) is 38.1 Å². The molecule has 0 radical (unpaired) electrons. The largest absolute Gasteiger partial charge is 0.359 e. The van der Waals surface area contributed by atoms with Crippen LogP contribution in [0.4, 0.5) is 5.69 Å². The standard InChI is InChI=1S/C12H17N/c1-4-7-11(3)13-12-9-6-5-8-10(12)2/h5-6,8-9,13H,3-4,7H2,1-2H3. The van der Waals surface area contributed by atoms with E-state index in [4.69, 9.17) is 0 Å². The van der Waals surface area contributed by atoms with Gasteiger partial charge in [0.25, 0.3) is 0 Å². The second-order valence-electron chi connectivity index (χ2n) is 3.29. The van der Waals surface area contributed by atoms with Crippen molar-refractivity contribution in [3.05, 3.63) is 42.1 Å². The number of rotatable bonds is 4. The minimum atomic E-state index is 1.04. The Morgan fingerprint density at radius 3 is 2.69 bits per heavy atom. The number of allylic oxidation sites excluding steroid dienone is 1. The topological polar surface area (TPSA) is 12.0 Å². The van der Waals surface area contributed by atoms with Gasteiger partial charge in [-0.05, 0) is 25.0 Å². The number of hydrogen-bond acceptors (Lipinski definition) is 1. The smallest absolute Gasteiger partial charge is 0.0411 e. The van der Waals surface area contributed by atoms with Crippen LogP contribution in [0.2, 0.25) is 0 Å². The normalized spacial score (nSPS) is 9.69. The van der Waals surface area contributed by atoms with E-state index in [1.54, 1.807) is 0 Å². The summed E-state index contributed by atoms with van der Waals surface area (Å²) in [6.45, 7) is 8.23. The summed E-state index contributed by atoms with van der Waals surface area (Å²) in [5, 5.41) is 3.32. The van der Waals surface area contributed by atoms with E-state index in [-0.39, 0.29) is 0 Å². The fourth-order valence-electron chi connectivity index (χ4n) is 1.27. The molecule has 0 bridgehead atoms. The molecular weight excluding hydrogens is 158 g/mol. The summed E-state index contributed by atoms with van der Waals surface area (Å²) in [4.78, 5) is 0. The number of benzene rings is 1. The first-order valence-corrected chi connectivity index (χ1v) is 4.74. The summed E-state index contributed by atoms with van der Waals surface area (Å²) in [6, 6.07) is 8.26. The van der Waals surface area contributed by atoms with E-state index in [0.29, 0.717) is 0 Å². The van der Waals surface area contributed by atoms with Crippen LogP contribution in [0.1, 0.15) is 25.3 Å². The number of aryl methyl sites for hydroxylation is 1. The highest BCUT2D eigenvalue weighted by atomic mass is 14.9. The van der Waals surface area contributed by atoms with Gasteiger partial charge in [0.15, 0.2) is 0 Å². The van der Waals surface area contributed by atoms with E-state index in [1.165, 1.54) is 11.3 Å². The van der Waals surface area contributed by atoms with Crippen LogP contribution < -0.4 is 5.32 Å². The van der Waals surface area contributed by atoms with Crippen LogP contribution >= 0.6 is 0 Å². The van der Waals surface area contributed by atoms with Crippen LogP contribution in [0, 0.1) is 6.92 Å². The zero-order valence-corrected chi connectivity index (χ0v) is 8.43. The third-order valence-electron chi connectivity index (χ3n) is 2.01. The molecule has 1 rings (SSSR count). The van der Waals surface area contributed by atoms with Crippen molar-refractivity contribution in [1.82, 2.24) is 0 Å². The van der Waals surface area contributed by atoms with Crippen molar-refractivity contribution in [2.45, 2.75) is 26.7 Å². The molecule has 1 aromatic rings. The highest BCUT2D eigenvalue weighted by molar-refractivity contribution is 5.53. The van der Waals surface area contributed by atoms with Gasteiger partial charge in [-0.3, -0.25) is 0 Å². The molecule has 0 aliphatic rings. The molecule has 0 aromatic heterocycles. The number of nitrogens with one attached hydrogen (secondary N) is 1. The summed E-state index contributed by atoms with van der Waals surface area (Å²) in [5.41, 5.74) is 3.53. The van der Waals surface area contributed by atoms with E-state index >= 15 is 0 Å². The van der Waals surface area contributed by atoms with E-state index in [9.17, 15) is 0 Å². The predicted molar refractivity (Wildman–Crippen MR) is 58.8 cm³/mol. The third-order valence-corrected chi connectivity index (χ3v) is 2.01. The van der Waals surface area contributed by atoms with Crippen LogP contribution in [0.3, 0.4) is 0 Å². The number of hydrogen-bond donors (Lipinski definition) is 1. The Labute approximate surface area is 80.5 Å². The molecule has 0 aliphatic carbocycles. The second kappa shape index (κ2) is 4.70. The average Bonchev–Trinajstić information content (AvgIpc) is 2.09. The molecule has 0 aliphatic heterocycles. The Bertz CT molecular complexity index is 289. The fraction of sp³-hybridized carbons (Fsp3) is 0.333. The van der Waals surface area contributed by atoms with Gasteiger partial charge in [0.05, 0.1) is 0 Å². The van der Waals surface area contributed by atoms with Gasteiger partial charge in [-0.25, -0.2) is 0 Å². The van der Waals surface area contributed by atoms with Crippen LogP contribution in [0.5, 0.6) is 0 Å². The Morgan fingerprint density at radius 2 is 2.08 bits per heavy atom. The van der Waals surface area contributed by atoms with Gasteiger partial charge in [0, 0.05) is 11.4 Å². The lowest BCUT2D eigenvalue weighted by atomic mass is 10.2. The molecule has 1 nitrogen and oxygen atoms in total. The van der Waals surface area contributed by atoms with Crippen molar-refractivity contribution in [3.63, 3.8) is 0 Å². The SMILES string of the molecule is C=C(CCC)Nc1ccccc1C. The highest BCUT2D eigenvalue weighted by Crippen LogP contribution is 2.16. The maximum absolute atomic E-state index is 3.97. The Kier molecular flexibility index (Phi) is 3.56. The lowest BCUT2D eigenvalue weighted by Gasteiger charge is -2.10. The van der Waals surface area contributed by atoms with Crippen molar-refractivity contribution in [1.29, 1.82) is 0 Å². The molecule has 0 atom stereocenters. The van der Waals surface area contributed by atoms with Gasteiger partial charge in [0.1, 0.15) is 0 Å². The van der Waals surface area contributed by atoms with Crippen molar-refractivity contribution in [2.75, 3.05) is 5.32 Å². The van der Waals surface area contributed by atoms with Crippen molar-refractivity contribution in [2.24, 2.45) is 0 Å². The second-order valence-corrected chi connectivity index (χ2v) is 3.29. The average molecular weight is 175 g/mol. The summed E-state index contributed by atoms with van der Waals surface area (Å²) in [5.74, 6) is 0. The Morgan fingerprint density at radius 1 is 1.38 bits per heavy atom. The molecule has 0 heterocycles. The van der Waals surface area contributed by atoms with Crippen molar-refractivity contribution in [3.8, 4) is 0 Å². The lowest BCUT2D eigenvalue weighted by Crippen LogP contribution is -1.98. The van der Waals surface area contributed by atoms with Crippen molar-refractivity contribution >= 4 is 5.69 Å². The van der Waals surface area contributed by atoms with E-state index < -0.39 is 0 Å². The monoisotopic (exact) mass is 175 g/mol. The summed E-state index contributed by atoms with van der Waals surface area (Å²) in [6.07, 6.45) is 2.17. The lowest BCUT2D eigenvalue weighted by molar-refractivity contribution is 0.913. The number of anilines is 1. The van der Waals surface area contributed by atoms with E-state index in [1.807, 2.05) is 12.1 Å². The van der Waals surface area contributed by atoms with Crippen LogP contribution in [-0.4, -0.2) is 0 Å². The summed E-state index contributed by atoms with van der Waals surface area (Å²) >= 11 is 0. The molecule has 0 saturated carbocycles. The molecule has 0 amide bonds. The molecule has 1 N–H and O–H groups in total. The fourth-order valence-corrected chi connectivity index (χ4v) is 1.27. The quantitative estimate of drug-likeness (QED) is 0.735. The Hall–Kier alpha value is -1.24. The molecule has 13 heavy (non-hydrogen) atoms. The van der Waals surface area contributed by atoms with E-state index in [2.05, 4.69) is 37.9 Å². The zero-order chi connectivity index (χ0) is 9.68. The van der Waals surface area contributed by atoms with Crippen molar-refractivity contribution < 1.29 is 0 Å². The molecule has 70 valence electrons. The predicted octanol–water partition coefficient (Wildman–Crippen LogP) is 3.72. The molecular formula is C12H17N. The van der Waals surface area contributed by atoms with E-state index in [0.717, 1.165) is 18.5 Å². The van der Waals surface area contributed by atoms with Gasteiger partial charge >= 0.3 is 0 Å². The Balaban J connectivity index is 2.63. The van der Waals surface area contributed by atoms with Gasteiger partial charge in [0.2, 0.25) is 0 Å². The third kappa shape index (κ3) is 2.94. The molecule has 1 aromatic carbocycles. The maximum atomic E-state index is 3.97. The van der Waals surface area contributed by atoms with Gasteiger partial charge < -0.3 is 5.32 Å². The van der Waals surface area contributed by atoms with Crippen LogP contribution in [0.15, 0.2) is 36.5 Å². The molecule has 0 saturated heterocycles. The molecule has 1 heteroatoms. The van der Waals surface area contributed by atoms with Crippen LogP contribution in [-0.2, 0) is 0 Å². The van der Waals surface area contributed by atoms with Crippen LogP contribution in [0.25, 0.3) is 0 Å². The highest BCUT2D eigenvalue weighted by Gasteiger charge is 1.96. The van der Waals surface area contributed by atoms with Gasteiger partial charge in [-0.2, -0.15) is 0 Å². The minimum Gasteiger partial charge on any atom is -0.359 e. The molecule has 0 fully saturated rings. The van der Waals surface area contributed by atoms with Gasteiger partial charge in [-0.15, -0.1) is 0 Å². The summed E-state index contributed by atoms with van der Waals surface area (Å²) in [7, 11) is 0. The number of para-hydroxylation sites is 1. The first-order chi connectivity index (χ1) is 6.24. The molecule has 0 unspecified atom stereocenters. The molecule has 0 spiro atoms. The maximum Gasteiger partial charge on any atom is 0.0411 e. The first-order valence-electron chi connectivity index (χ1n) is 4.74. The summed E-state index contributed by atoms with van der Waals surface area (Å²) < 4.78 is 0. The minimum absolute atomic E-state index is 1.04.